The predicted molar refractivity (Wildman–Crippen MR) is 78.7 cm³/mol. The Labute approximate surface area is 120 Å². The summed E-state index contributed by atoms with van der Waals surface area (Å²) in [5.41, 5.74) is 5.52. The van der Waals surface area contributed by atoms with Crippen LogP contribution in [0.1, 0.15) is 20.3 Å². The number of sulfonamides is 1. The molecule has 1 aromatic heterocycles. The third-order valence-electron chi connectivity index (χ3n) is 3.67. The molecule has 1 aliphatic heterocycles. The van der Waals surface area contributed by atoms with Crippen LogP contribution < -0.4 is 10.5 Å². The first-order chi connectivity index (χ1) is 9.38. The predicted octanol–water partition coefficient (Wildman–Crippen LogP) is 0.672. The molecule has 2 heterocycles. The normalized spacial score (nSPS) is 20.6. The number of anilines is 1. The van der Waals surface area contributed by atoms with Gasteiger partial charge in [0, 0.05) is 31.4 Å². The van der Waals surface area contributed by atoms with E-state index in [0.29, 0.717) is 18.5 Å². The Morgan fingerprint density at radius 3 is 2.90 bits per heavy atom. The Balaban J connectivity index is 1.94. The fourth-order valence-corrected chi connectivity index (χ4v) is 3.54. The van der Waals surface area contributed by atoms with Gasteiger partial charge in [0.15, 0.2) is 0 Å². The number of nitrogens with two attached hydrogens (primary N) is 1. The van der Waals surface area contributed by atoms with Gasteiger partial charge in [-0.3, -0.25) is 0 Å². The number of likely N-dealkylation sites (tertiary alicyclic amines) is 1. The summed E-state index contributed by atoms with van der Waals surface area (Å²) in [6.07, 6.45) is 2.43. The van der Waals surface area contributed by atoms with Crippen molar-refractivity contribution in [2.75, 3.05) is 25.4 Å². The van der Waals surface area contributed by atoms with Crippen LogP contribution in [0.25, 0.3) is 0 Å². The van der Waals surface area contributed by atoms with Crippen molar-refractivity contribution in [1.82, 2.24) is 14.6 Å². The minimum absolute atomic E-state index is 0.170. The Bertz CT molecular complexity index is 559. The first kappa shape index (κ1) is 15.2. The average molecular weight is 298 g/mol. The standard InChI is InChI=1S/C13H22N4O2S/c1-10(2)17-6-4-11(9-17)8-16-20(18,19)12-3-5-15-13(14)7-12/h3,5,7,10-11,16H,4,6,8-9H2,1-2H3,(H2,14,15). The maximum Gasteiger partial charge on any atom is 0.240 e. The number of nitrogens with zero attached hydrogens (tertiary/aromatic N) is 2. The minimum Gasteiger partial charge on any atom is -0.384 e. The fourth-order valence-electron chi connectivity index (χ4n) is 2.40. The lowest BCUT2D eigenvalue weighted by Gasteiger charge is -2.20. The largest absolute Gasteiger partial charge is 0.384 e. The highest BCUT2D eigenvalue weighted by Gasteiger charge is 2.25. The van der Waals surface area contributed by atoms with Crippen molar-refractivity contribution in [3.63, 3.8) is 0 Å². The molecule has 3 N–H and O–H groups in total. The van der Waals surface area contributed by atoms with Crippen molar-refractivity contribution >= 4 is 15.8 Å². The summed E-state index contributed by atoms with van der Waals surface area (Å²) in [5.74, 6) is 0.575. The topological polar surface area (TPSA) is 88.3 Å². The number of hydrogen-bond acceptors (Lipinski definition) is 5. The molecule has 20 heavy (non-hydrogen) atoms. The van der Waals surface area contributed by atoms with E-state index in [1.54, 1.807) is 0 Å². The number of rotatable bonds is 5. The van der Waals surface area contributed by atoms with E-state index >= 15 is 0 Å². The monoisotopic (exact) mass is 298 g/mol. The van der Waals surface area contributed by atoms with Crippen LogP contribution in [0, 0.1) is 5.92 Å². The first-order valence-corrected chi connectivity index (χ1v) is 8.32. The second kappa shape index (κ2) is 6.07. The SMILES string of the molecule is CC(C)N1CCC(CNS(=O)(=O)c2ccnc(N)c2)C1. The highest BCUT2D eigenvalue weighted by Crippen LogP contribution is 2.18. The number of pyridine rings is 1. The molecular weight excluding hydrogens is 276 g/mol. The maximum atomic E-state index is 12.1. The van der Waals surface area contributed by atoms with Crippen molar-refractivity contribution in [1.29, 1.82) is 0 Å². The van der Waals surface area contributed by atoms with E-state index in [0.717, 1.165) is 19.5 Å². The van der Waals surface area contributed by atoms with Crippen molar-refractivity contribution < 1.29 is 8.42 Å². The number of nitrogens with one attached hydrogen (secondary N) is 1. The zero-order valence-corrected chi connectivity index (χ0v) is 12.7. The van der Waals surface area contributed by atoms with Gasteiger partial charge in [-0.05, 0) is 38.8 Å². The molecule has 0 bridgehead atoms. The molecule has 2 rings (SSSR count). The Morgan fingerprint density at radius 2 is 2.30 bits per heavy atom. The third kappa shape index (κ3) is 3.68. The second-order valence-corrected chi connectivity index (χ2v) is 7.28. The van der Waals surface area contributed by atoms with E-state index in [1.807, 2.05) is 0 Å². The van der Waals surface area contributed by atoms with Crippen LogP contribution in [0.15, 0.2) is 23.2 Å². The molecule has 0 amide bonds. The van der Waals surface area contributed by atoms with Crippen LogP contribution in [-0.4, -0.2) is 44.0 Å². The third-order valence-corrected chi connectivity index (χ3v) is 5.09. The second-order valence-electron chi connectivity index (χ2n) is 5.51. The van der Waals surface area contributed by atoms with Crippen LogP contribution in [-0.2, 0) is 10.0 Å². The van der Waals surface area contributed by atoms with Gasteiger partial charge in [0.25, 0.3) is 0 Å². The van der Waals surface area contributed by atoms with Crippen LogP contribution >= 0.6 is 0 Å². The summed E-state index contributed by atoms with van der Waals surface area (Å²) in [6, 6.07) is 3.34. The van der Waals surface area contributed by atoms with E-state index in [4.69, 9.17) is 5.73 Å². The highest BCUT2D eigenvalue weighted by molar-refractivity contribution is 7.89. The quantitative estimate of drug-likeness (QED) is 0.834. The van der Waals surface area contributed by atoms with E-state index < -0.39 is 10.0 Å². The summed E-state index contributed by atoms with van der Waals surface area (Å²) in [4.78, 5) is 6.33. The van der Waals surface area contributed by atoms with Crippen molar-refractivity contribution in [3.8, 4) is 0 Å². The minimum atomic E-state index is -3.50. The summed E-state index contributed by atoms with van der Waals surface area (Å²) < 4.78 is 27.0. The molecule has 1 aromatic rings. The lowest BCUT2D eigenvalue weighted by Crippen LogP contribution is -2.33. The highest BCUT2D eigenvalue weighted by atomic mass is 32.2. The molecule has 1 saturated heterocycles. The van der Waals surface area contributed by atoms with Gasteiger partial charge in [-0.2, -0.15) is 0 Å². The van der Waals surface area contributed by atoms with Gasteiger partial charge in [0.05, 0.1) is 4.90 Å². The van der Waals surface area contributed by atoms with Gasteiger partial charge in [0.2, 0.25) is 10.0 Å². The molecule has 1 fully saturated rings. The summed E-state index contributed by atoms with van der Waals surface area (Å²) >= 11 is 0. The molecule has 0 radical (unpaired) electrons. The smallest absolute Gasteiger partial charge is 0.240 e. The summed E-state index contributed by atoms with van der Waals surface area (Å²) in [5, 5.41) is 0. The Morgan fingerprint density at radius 1 is 1.55 bits per heavy atom. The maximum absolute atomic E-state index is 12.1. The Hall–Kier alpha value is -1.18. The van der Waals surface area contributed by atoms with Gasteiger partial charge in [-0.15, -0.1) is 0 Å². The van der Waals surface area contributed by atoms with Gasteiger partial charge in [0.1, 0.15) is 5.82 Å². The van der Waals surface area contributed by atoms with E-state index in [9.17, 15) is 8.42 Å². The zero-order chi connectivity index (χ0) is 14.8. The number of aromatic nitrogens is 1. The molecule has 7 heteroatoms. The van der Waals surface area contributed by atoms with Crippen molar-refractivity contribution in [2.24, 2.45) is 5.92 Å². The molecule has 0 saturated carbocycles. The number of hydrogen-bond donors (Lipinski definition) is 2. The van der Waals surface area contributed by atoms with Gasteiger partial charge in [-0.1, -0.05) is 0 Å². The van der Waals surface area contributed by atoms with E-state index in [-0.39, 0.29) is 10.7 Å². The van der Waals surface area contributed by atoms with Crippen LogP contribution in [0.4, 0.5) is 5.82 Å². The number of nitrogen functional groups attached to an aromatic ring is 1. The first-order valence-electron chi connectivity index (χ1n) is 6.84. The van der Waals surface area contributed by atoms with Crippen molar-refractivity contribution in [2.45, 2.75) is 31.2 Å². The molecule has 1 atom stereocenters. The fraction of sp³-hybridized carbons (Fsp3) is 0.615. The van der Waals surface area contributed by atoms with E-state index in [2.05, 4.69) is 28.5 Å². The van der Waals surface area contributed by atoms with Crippen molar-refractivity contribution in [3.05, 3.63) is 18.3 Å². The molecule has 0 aromatic carbocycles. The average Bonchev–Trinajstić information content (AvgIpc) is 2.85. The lowest BCUT2D eigenvalue weighted by atomic mass is 10.1. The van der Waals surface area contributed by atoms with Gasteiger partial charge in [-0.25, -0.2) is 18.1 Å². The molecule has 112 valence electrons. The lowest BCUT2D eigenvalue weighted by molar-refractivity contribution is 0.265. The van der Waals surface area contributed by atoms with Gasteiger partial charge >= 0.3 is 0 Å². The molecule has 1 aliphatic rings. The molecule has 0 aliphatic carbocycles. The Kier molecular flexibility index (Phi) is 4.62. The molecule has 6 nitrogen and oxygen atoms in total. The molecular formula is C13H22N4O2S. The van der Waals surface area contributed by atoms with Crippen LogP contribution in [0.3, 0.4) is 0 Å². The molecule has 1 unspecified atom stereocenters. The van der Waals surface area contributed by atoms with E-state index in [1.165, 1.54) is 18.3 Å². The van der Waals surface area contributed by atoms with Gasteiger partial charge < -0.3 is 10.6 Å². The summed E-state index contributed by atoms with van der Waals surface area (Å²) in [6.45, 7) is 6.76. The van der Waals surface area contributed by atoms with Crippen LogP contribution in [0.5, 0.6) is 0 Å². The van der Waals surface area contributed by atoms with Crippen LogP contribution in [0.2, 0.25) is 0 Å². The summed E-state index contributed by atoms with van der Waals surface area (Å²) in [7, 11) is -3.50. The zero-order valence-electron chi connectivity index (χ0n) is 11.9. The molecule has 0 spiro atoms.